The molecule has 80 valence electrons. The molecule has 5 heteroatoms. The molecule has 0 saturated carbocycles. The van der Waals surface area contributed by atoms with E-state index in [1.165, 1.54) is 4.67 Å². The molecule has 0 atom stereocenters. The highest BCUT2D eigenvalue weighted by molar-refractivity contribution is 7.49. The Morgan fingerprint density at radius 2 is 1.62 bits per heavy atom. The Hall–Kier alpha value is 0.110. The fourth-order valence-electron chi connectivity index (χ4n) is 1.50. The van der Waals surface area contributed by atoms with E-state index in [1.54, 1.807) is 6.92 Å². The SMILES string of the molecule is CCN(C(C)(CC)CC)P(=O)(O)O. The average Bonchev–Trinajstić information content (AvgIpc) is 2.02. The van der Waals surface area contributed by atoms with Gasteiger partial charge in [0.2, 0.25) is 0 Å². The maximum absolute atomic E-state index is 11.1. The third kappa shape index (κ3) is 3.06. The molecule has 13 heavy (non-hydrogen) atoms. The molecular formula is C8H20NO3P. The van der Waals surface area contributed by atoms with E-state index in [9.17, 15) is 4.57 Å². The summed E-state index contributed by atoms with van der Waals surface area (Å²) in [7, 11) is -4.10. The number of rotatable bonds is 5. The van der Waals surface area contributed by atoms with Crippen LogP contribution in [0.1, 0.15) is 40.5 Å². The van der Waals surface area contributed by atoms with Crippen LogP contribution in [0.2, 0.25) is 0 Å². The van der Waals surface area contributed by atoms with Crippen LogP contribution in [0.3, 0.4) is 0 Å². The monoisotopic (exact) mass is 209 g/mol. The first-order valence-electron chi connectivity index (χ1n) is 4.65. The molecule has 0 aliphatic heterocycles. The average molecular weight is 209 g/mol. The Kier molecular flexibility index (Phi) is 4.60. The lowest BCUT2D eigenvalue weighted by Crippen LogP contribution is -2.42. The van der Waals surface area contributed by atoms with Crippen molar-refractivity contribution in [1.82, 2.24) is 4.67 Å². The third-order valence-electron chi connectivity index (χ3n) is 2.76. The molecule has 0 aromatic heterocycles. The zero-order valence-corrected chi connectivity index (χ0v) is 9.71. The van der Waals surface area contributed by atoms with Gasteiger partial charge < -0.3 is 9.79 Å². The van der Waals surface area contributed by atoms with Crippen molar-refractivity contribution in [2.45, 2.75) is 46.1 Å². The predicted octanol–water partition coefficient (Wildman–Crippen LogP) is 1.98. The first-order valence-corrected chi connectivity index (χ1v) is 6.22. The van der Waals surface area contributed by atoms with Crippen molar-refractivity contribution in [1.29, 1.82) is 0 Å². The lowest BCUT2D eigenvalue weighted by atomic mass is 9.96. The van der Waals surface area contributed by atoms with E-state index in [1.807, 2.05) is 20.8 Å². The van der Waals surface area contributed by atoms with Crippen LogP contribution in [0.5, 0.6) is 0 Å². The van der Waals surface area contributed by atoms with E-state index < -0.39 is 13.3 Å². The molecule has 4 nitrogen and oxygen atoms in total. The molecule has 0 heterocycles. The predicted molar refractivity (Wildman–Crippen MR) is 53.4 cm³/mol. The summed E-state index contributed by atoms with van der Waals surface area (Å²) in [5.74, 6) is 0. The van der Waals surface area contributed by atoms with Crippen LogP contribution < -0.4 is 0 Å². The molecule has 0 aromatic carbocycles. The fourth-order valence-corrected chi connectivity index (χ4v) is 2.78. The van der Waals surface area contributed by atoms with Crippen molar-refractivity contribution in [2.24, 2.45) is 0 Å². The lowest BCUT2D eigenvalue weighted by molar-refractivity contribution is 0.149. The van der Waals surface area contributed by atoms with Crippen LogP contribution in [0, 0.1) is 0 Å². The number of nitrogens with zero attached hydrogens (tertiary/aromatic N) is 1. The van der Waals surface area contributed by atoms with E-state index in [0.29, 0.717) is 6.54 Å². The summed E-state index contributed by atoms with van der Waals surface area (Å²) in [5, 5.41) is 0. The zero-order chi connectivity index (χ0) is 10.7. The smallest absolute Gasteiger partial charge is 0.312 e. The molecule has 0 aromatic rings. The summed E-state index contributed by atoms with van der Waals surface area (Å²) in [5.41, 5.74) is -0.395. The normalized spacial score (nSPS) is 13.8. The highest BCUT2D eigenvalue weighted by atomic mass is 31.2. The van der Waals surface area contributed by atoms with Crippen molar-refractivity contribution >= 4 is 7.75 Å². The largest absolute Gasteiger partial charge is 0.403 e. The van der Waals surface area contributed by atoms with Gasteiger partial charge in [-0.3, -0.25) is 0 Å². The topological polar surface area (TPSA) is 60.8 Å². The maximum Gasteiger partial charge on any atom is 0.403 e. The van der Waals surface area contributed by atoms with Crippen LogP contribution in [-0.2, 0) is 4.57 Å². The molecular weight excluding hydrogens is 189 g/mol. The second-order valence-electron chi connectivity index (χ2n) is 3.43. The molecule has 0 saturated heterocycles. The quantitative estimate of drug-likeness (QED) is 0.680. The van der Waals surface area contributed by atoms with Crippen LogP contribution in [0.15, 0.2) is 0 Å². The van der Waals surface area contributed by atoms with Crippen LogP contribution in [-0.4, -0.2) is 26.5 Å². The first-order chi connectivity index (χ1) is 5.81. The molecule has 0 bridgehead atoms. The van der Waals surface area contributed by atoms with Crippen molar-refractivity contribution in [3.05, 3.63) is 0 Å². The van der Waals surface area contributed by atoms with Gasteiger partial charge in [-0.2, -0.15) is 0 Å². The Labute approximate surface area is 80.2 Å². The van der Waals surface area contributed by atoms with Gasteiger partial charge in [0.1, 0.15) is 0 Å². The van der Waals surface area contributed by atoms with Gasteiger partial charge in [0.15, 0.2) is 0 Å². The highest BCUT2D eigenvalue weighted by Crippen LogP contribution is 2.47. The van der Waals surface area contributed by atoms with Gasteiger partial charge in [-0.05, 0) is 19.8 Å². The standard InChI is InChI=1S/C8H20NO3P/c1-5-8(4,6-2)9(7-3)13(10,11)12/h5-7H2,1-4H3,(H2,10,11,12). The Morgan fingerprint density at radius 3 is 1.69 bits per heavy atom. The van der Waals surface area contributed by atoms with Crippen molar-refractivity contribution < 1.29 is 14.4 Å². The minimum absolute atomic E-state index is 0.377. The van der Waals surface area contributed by atoms with Crippen LogP contribution in [0.25, 0.3) is 0 Å². The van der Waals surface area contributed by atoms with E-state index >= 15 is 0 Å². The van der Waals surface area contributed by atoms with E-state index in [0.717, 1.165) is 12.8 Å². The minimum atomic E-state index is -4.10. The van der Waals surface area contributed by atoms with Crippen LogP contribution >= 0.6 is 7.75 Å². The van der Waals surface area contributed by atoms with Gasteiger partial charge in [0.25, 0.3) is 0 Å². The highest BCUT2D eigenvalue weighted by Gasteiger charge is 2.37. The van der Waals surface area contributed by atoms with Gasteiger partial charge in [-0.15, -0.1) is 0 Å². The molecule has 0 fully saturated rings. The van der Waals surface area contributed by atoms with Gasteiger partial charge in [-0.25, -0.2) is 9.24 Å². The van der Waals surface area contributed by atoms with Gasteiger partial charge in [0, 0.05) is 12.1 Å². The summed E-state index contributed by atoms with van der Waals surface area (Å²) in [6.45, 7) is 7.92. The zero-order valence-electron chi connectivity index (χ0n) is 8.82. The molecule has 0 amide bonds. The van der Waals surface area contributed by atoms with Crippen LogP contribution in [0.4, 0.5) is 0 Å². The molecule has 0 radical (unpaired) electrons. The van der Waals surface area contributed by atoms with Crippen molar-refractivity contribution in [2.75, 3.05) is 6.54 Å². The molecule has 0 rings (SSSR count). The number of hydrogen-bond acceptors (Lipinski definition) is 1. The molecule has 2 N–H and O–H groups in total. The second-order valence-corrected chi connectivity index (χ2v) is 4.94. The Bertz CT molecular complexity index is 198. The molecule has 0 aliphatic carbocycles. The van der Waals surface area contributed by atoms with Gasteiger partial charge in [-0.1, -0.05) is 20.8 Å². The maximum atomic E-state index is 11.1. The van der Waals surface area contributed by atoms with E-state index in [4.69, 9.17) is 9.79 Å². The third-order valence-corrected chi connectivity index (χ3v) is 4.16. The lowest BCUT2D eigenvalue weighted by Gasteiger charge is -2.39. The first kappa shape index (κ1) is 13.1. The van der Waals surface area contributed by atoms with E-state index in [-0.39, 0.29) is 0 Å². The van der Waals surface area contributed by atoms with Crippen molar-refractivity contribution in [3.8, 4) is 0 Å². The number of hydrogen-bond donors (Lipinski definition) is 2. The molecule has 0 spiro atoms. The van der Waals surface area contributed by atoms with Gasteiger partial charge >= 0.3 is 7.75 Å². The Morgan fingerprint density at radius 1 is 1.23 bits per heavy atom. The summed E-state index contributed by atoms with van der Waals surface area (Å²) in [6, 6.07) is 0. The molecule has 0 aliphatic rings. The summed E-state index contributed by atoms with van der Waals surface area (Å²) in [4.78, 5) is 18.2. The Balaban J connectivity index is 4.85. The second kappa shape index (κ2) is 4.56. The van der Waals surface area contributed by atoms with Gasteiger partial charge in [0.05, 0.1) is 0 Å². The minimum Gasteiger partial charge on any atom is -0.312 e. The van der Waals surface area contributed by atoms with E-state index in [2.05, 4.69) is 0 Å². The fraction of sp³-hybridized carbons (Fsp3) is 1.00. The van der Waals surface area contributed by atoms with Crippen molar-refractivity contribution in [3.63, 3.8) is 0 Å². The summed E-state index contributed by atoms with van der Waals surface area (Å²) in [6.07, 6.45) is 1.48. The molecule has 0 unspecified atom stereocenters. The summed E-state index contributed by atoms with van der Waals surface area (Å²) >= 11 is 0. The summed E-state index contributed by atoms with van der Waals surface area (Å²) < 4.78 is 12.4.